The molecule has 0 fully saturated rings. The highest BCUT2D eigenvalue weighted by atomic mass is 14.1. The van der Waals surface area contributed by atoms with Crippen molar-refractivity contribution >= 4 is 110 Å². The molecule has 11 rings (SSSR count). The zero-order chi connectivity index (χ0) is 35.6. The van der Waals surface area contributed by atoms with E-state index in [2.05, 4.69) is 206 Å². The fourth-order valence-electron chi connectivity index (χ4n) is 8.25. The van der Waals surface area contributed by atoms with Crippen LogP contribution in [0.15, 0.2) is 182 Å². The maximum absolute atomic E-state index is 2.32. The van der Waals surface area contributed by atoms with Crippen LogP contribution in [0.5, 0.6) is 0 Å². The Bertz CT molecular complexity index is 3150. The SMILES string of the molecule is C(=C\c1ccc2cc3cc4ccccc4cc3cc2c1)/c1ccc2cc3cc(/C=C/c4ccc5cc6cc7ccccc7cc6cc5c4)ccc3cc2c1. The summed E-state index contributed by atoms with van der Waals surface area (Å²) in [6.07, 6.45) is 8.91. The first kappa shape index (κ1) is 30.6. The molecular formula is C54H34. The Morgan fingerprint density at radius 3 is 0.593 bits per heavy atom. The zero-order valence-corrected chi connectivity index (χ0v) is 29.6. The highest BCUT2D eigenvalue weighted by molar-refractivity contribution is 6.07. The van der Waals surface area contributed by atoms with Gasteiger partial charge in [0.2, 0.25) is 0 Å². The van der Waals surface area contributed by atoms with E-state index >= 15 is 0 Å². The number of hydrogen-bond donors (Lipinski definition) is 0. The van der Waals surface area contributed by atoms with Gasteiger partial charge in [0.15, 0.2) is 0 Å². The highest BCUT2D eigenvalue weighted by Gasteiger charge is 2.05. The maximum atomic E-state index is 2.32. The molecule has 0 aliphatic rings. The van der Waals surface area contributed by atoms with Crippen molar-refractivity contribution < 1.29 is 0 Å². The molecule has 0 saturated heterocycles. The van der Waals surface area contributed by atoms with Gasteiger partial charge in [-0.3, -0.25) is 0 Å². The van der Waals surface area contributed by atoms with E-state index in [1.54, 1.807) is 0 Å². The monoisotopic (exact) mass is 682 g/mol. The van der Waals surface area contributed by atoms with Crippen molar-refractivity contribution in [1.29, 1.82) is 0 Å². The second-order valence-electron chi connectivity index (χ2n) is 14.7. The molecule has 0 N–H and O–H groups in total. The lowest BCUT2D eigenvalue weighted by Gasteiger charge is -2.07. The second-order valence-corrected chi connectivity index (χ2v) is 14.7. The number of fused-ring (bicyclic) bond motifs is 8. The summed E-state index contributed by atoms with van der Waals surface area (Å²) in [4.78, 5) is 0. The average Bonchev–Trinajstić information content (AvgIpc) is 3.21. The first-order valence-corrected chi connectivity index (χ1v) is 18.7. The van der Waals surface area contributed by atoms with Crippen LogP contribution in [0.1, 0.15) is 22.3 Å². The molecule has 0 radical (unpaired) electrons. The highest BCUT2D eigenvalue weighted by Crippen LogP contribution is 2.31. The minimum atomic E-state index is 1.20. The van der Waals surface area contributed by atoms with Crippen LogP contribution in [0.3, 0.4) is 0 Å². The first-order chi connectivity index (χ1) is 26.6. The molecule has 0 heterocycles. The van der Waals surface area contributed by atoms with Crippen LogP contribution in [0.25, 0.3) is 110 Å². The molecule has 0 spiro atoms. The molecule has 0 nitrogen and oxygen atoms in total. The third-order valence-electron chi connectivity index (χ3n) is 11.1. The molecule has 0 saturated carbocycles. The van der Waals surface area contributed by atoms with Crippen molar-refractivity contribution in [2.75, 3.05) is 0 Å². The summed E-state index contributed by atoms with van der Waals surface area (Å²) in [5.41, 5.74) is 4.80. The lowest BCUT2D eigenvalue weighted by atomic mass is 9.98. The lowest BCUT2D eigenvalue weighted by Crippen LogP contribution is -1.82. The molecule has 0 heteroatoms. The maximum Gasteiger partial charge on any atom is -0.0171 e. The molecule has 11 aromatic rings. The summed E-state index contributed by atoms with van der Waals surface area (Å²) in [7, 11) is 0. The Morgan fingerprint density at radius 2 is 0.352 bits per heavy atom. The van der Waals surface area contributed by atoms with Crippen LogP contribution in [-0.4, -0.2) is 0 Å². The average molecular weight is 683 g/mol. The zero-order valence-electron chi connectivity index (χ0n) is 29.6. The van der Waals surface area contributed by atoms with Gasteiger partial charge >= 0.3 is 0 Å². The van der Waals surface area contributed by atoms with E-state index < -0.39 is 0 Å². The lowest BCUT2D eigenvalue weighted by molar-refractivity contribution is 1.70. The molecule has 0 aliphatic heterocycles. The van der Waals surface area contributed by atoms with Gasteiger partial charge in [-0.15, -0.1) is 0 Å². The largest absolute Gasteiger partial charge is 0.0616 e. The Hall–Kier alpha value is -7.02. The Morgan fingerprint density at radius 1 is 0.167 bits per heavy atom. The summed E-state index contributed by atoms with van der Waals surface area (Å²) in [6.45, 7) is 0. The molecule has 54 heavy (non-hydrogen) atoms. The standard InChI is InChI=1S/C54H34/c1-3-7-41-27-53-33-49-23-37(15-19-45(49)31-51(53)25-39(41)5-1)11-9-35-13-17-43-30-48-22-36(14-18-44(48)29-47(43)21-35)10-12-38-16-20-46-32-52-26-40-6-2-4-8-42(40)28-54(52)34-50(46)24-38/h1-34H/b11-9+,12-10+. The van der Waals surface area contributed by atoms with E-state index in [0.717, 1.165) is 0 Å². The van der Waals surface area contributed by atoms with E-state index in [4.69, 9.17) is 0 Å². The van der Waals surface area contributed by atoms with Crippen molar-refractivity contribution in [3.8, 4) is 0 Å². The van der Waals surface area contributed by atoms with Crippen LogP contribution >= 0.6 is 0 Å². The molecule has 11 aromatic carbocycles. The number of hydrogen-bond acceptors (Lipinski definition) is 0. The quantitative estimate of drug-likeness (QED) is 0.128. The van der Waals surface area contributed by atoms with E-state index in [-0.39, 0.29) is 0 Å². The van der Waals surface area contributed by atoms with Gasteiger partial charge in [-0.2, -0.15) is 0 Å². The van der Waals surface area contributed by atoms with E-state index in [1.807, 2.05) is 0 Å². The van der Waals surface area contributed by atoms with Gasteiger partial charge in [0.1, 0.15) is 0 Å². The third-order valence-corrected chi connectivity index (χ3v) is 11.1. The van der Waals surface area contributed by atoms with E-state index in [9.17, 15) is 0 Å². The number of benzene rings is 11. The van der Waals surface area contributed by atoms with Crippen LogP contribution in [-0.2, 0) is 0 Å². The van der Waals surface area contributed by atoms with Gasteiger partial charge in [0.25, 0.3) is 0 Å². The summed E-state index contributed by atoms with van der Waals surface area (Å²) >= 11 is 0. The number of rotatable bonds is 4. The minimum Gasteiger partial charge on any atom is -0.0616 e. The molecule has 0 unspecified atom stereocenters. The second kappa shape index (κ2) is 12.3. The third kappa shape index (κ3) is 5.57. The predicted octanol–water partition coefficient (Wildman–Crippen LogP) is 15.3. The smallest absolute Gasteiger partial charge is 0.0171 e. The first-order valence-electron chi connectivity index (χ1n) is 18.7. The molecule has 0 amide bonds. The molecule has 0 aromatic heterocycles. The molecule has 0 bridgehead atoms. The Balaban J connectivity index is 0.847. The minimum absolute atomic E-state index is 1.20. The van der Waals surface area contributed by atoms with Crippen LogP contribution < -0.4 is 0 Å². The van der Waals surface area contributed by atoms with Gasteiger partial charge in [-0.1, -0.05) is 121 Å². The van der Waals surface area contributed by atoms with E-state index in [1.165, 1.54) is 108 Å². The van der Waals surface area contributed by atoms with Crippen molar-refractivity contribution in [3.05, 3.63) is 204 Å². The molecule has 250 valence electrons. The fourth-order valence-corrected chi connectivity index (χ4v) is 8.25. The van der Waals surface area contributed by atoms with Crippen molar-refractivity contribution in [3.63, 3.8) is 0 Å². The molecule has 0 atom stereocenters. The van der Waals surface area contributed by atoms with Gasteiger partial charge < -0.3 is 0 Å². The van der Waals surface area contributed by atoms with Crippen LogP contribution in [0, 0.1) is 0 Å². The van der Waals surface area contributed by atoms with Gasteiger partial charge in [0.05, 0.1) is 0 Å². The molecular weight excluding hydrogens is 649 g/mol. The Labute approximate surface area is 313 Å². The van der Waals surface area contributed by atoms with Gasteiger partial charge in [0, 0.05) is 0 Å². The topological polar surface area (TPSA) is 0 Å². The summed E-state index contributed by atoms with van der Waals surface area (Å²) in [5, 5.41) is 20.3. The summed E-state index contributed by atoms with van der Waals surface area (Å²) in [6, 6.07) is 67.3. The van der Waals surface area contributed by atoms with Crippen LogP contribution in [0.2, 0.25) is 0 Å². The summed E-state index contributed by atoms with van der Waals surface area (Å²) in [5.74, 6) is 0. The molecule has 0 aliphatic carbocycles. The van der Waals surface area contributed by atoms with Gasteiger partial charge in [-0.05, 0) is 193 Å². The van der Waals surface area contributed by atoms with Crippen molar-refractivity contribution in [2.45, 2.75) is 0 Å². The van der Waals surface area contributed by atoms with E-state index in [0.29, 0.717) is 0 Å². The summed E-state index contributed by atoms with van der Waals surface area (Å²) < 4.78 is 0. The predicted molar refractivity (Wildman–Crippen MR) is 237 cm³/mol. The van der Waals surface area contributed by atoms with Crippen molar-refractivity contribution in [1.82, 2.24) is 0 Å². The van der Waals surface area contributed by atoms with Crippen molar-refractivity contribution in [2.24, 2.45) is 0 Å². The Kier molecular flexibility index (Phi) is 6.97. The van der Waals surface area contributed by atoms with Gasteiger partial charge in [-0.25, -0.2) is 0 Å². The van der Waals surface area contributed by atoms with Crippen LogP contribution in [0.4, 0.5) is 0 Å². The fraction of sp³-hybridized carbons (Fsp3) is 0. The normalized spacial score (nSPS) is 12.3.